The van der Waals surface area contributed by atoms with Crippen LogP contribution in [0.15, 0.2) is 11.1 Å². The lowest BCUT2D eigenvalue weighted by molar-refractivity contribution is -0.139. The van der Waals surface area contributed by atoms with E-state index in [0.717, 1.165) is 11.8 Å². The van der Waals surface area contributed by atoms with Gasteiger partial charge < -0.3 is 5.11 Å². The number of carboxylic acids is 1. The fourth-order valence-corrected chi connectivity index (χ4v) is 3.54. The smallest absolute Gasteiger partial charge is 0.307 e. The van der Waals surface area contributed by atoms with Crippen LogP contribution in [0.1, 0.15) is 20.3 Å². The normalized spacial score (nSPS) is 49.7. The molecule has 0 unspecified atom stereocenters. The van der Waals surface area contributed by atoms with E-state index in [2.05, 4.69) is 13.8 Å². The minimum Gasteiger partial charge on any atom is -0.481 e. The maximum Gasteiger partial charge on any atom is 0.307 e. The zero-order valence-electron chi connectivity index (χ0n) is 7.95. The Morgan fingerprint density at radius 1 is 1.46 bits per heavy atom. The van der Waals surface area contributed by atoms with Crippen LogP contribution in [0, 0.1) is 29.6 Å². The summed E-state index contributed by atoms with van der Waals surface area (Å²) in [4.78, 5) is 10.9. The third-order valence-corrected chi connectivity index (χ3v) is 4.03. The Morgan fingerprint density at radius 2 is 2.15 bits per heavy atom. The van der Waals surface area contributed by atoms with Crippen molar-refractivity contribution in [2.45, 2.75) is 20.3 Å². The molecule has 3 aliphatic rings. The quantitative estimate of drug-likeness (QED) is 0.623. The first-order chi connectivity index (χ1) is 6.13. The van der Waals surface area contributed by atoms with Crippen molar-refractivity contribution in [1.29, 1.82) is 0 Å². The van der Waals surface area contributed by atoms with Crippen molar-refractivity contribution in [1.82, 2.24) is 0 Å². The van der Waals surface area contributed by atoms with Crippen LogP contribution in [0.4, 0.5) is 0 Å². The van der Waals surface area contributed by atoms with Crippen molar-refractivity contribution in [3.05, 3.63) is 11.1 Å². The number of hydrogen-bond acceptors (Lipinski definition) is 1. The van der Waals surface area contributed by atoms with Gasteiger partial charge >= 0.3 is 5.97 Å². The number of carbonyl (C=O) groups is 1. The highest BCUT2D eigenvalue weighted by Gasteiger charge is 2.73. The van der Waals surface area contributed by atoms with E-state index in [0.29, 0.717) is 11.8 Å². The molecule has 0 saturated heterocycles. The van der Waals surface area contributed by atoms with Crippen molar-refractivity contribution in [3.8, 4) is 0 Å². The molecule has 3 saturated carbocycles. The Morgan fingerprint density at radius 3 is 2.69 bits per heavy atom. The molecule has 0 amide bonds. The number of fused-ring (bicyclic) bond motifs is 3. The van der Waals surface area contributed by atoms with Crippen molar-refractivity contribution in [2.24, 2.45) is 29.6 Å². The second-order valence-electron chi connectivity index (χ2n) is 4.93. The predicted molar refractivity (Wildman–Crippen MR) is 48.1 cm³/mol. The summed E-state index contributed by atoms with van der Waals surface area (Å²) in [6, 6.07) is 0. The summed E-state index contributed by atoms with van der Waals surface area (Å²) in [5, 5.41) is 8.97. The van der Waals surface area contributed by atoms with Crippen LogP contribution in [-0.4, -0.2) is 11.1 Å². The average Bonchev–Trinajstić information content (AvgIpc) is 2.85. The fourth-order valence-electron chi connectivity index (χ4n) is 3.54. The third-order valence-electron chi connectivity index (χ3n) is 4.03. The van der Waals surface area contributed by atoms with Gasteiger partial charge in [0.15, 0.2) is 0 Å². The molecule has 3 aliphatic carbocycles. The molecule has 2 nitrogen and oxygen atoms in total. The first-order valence-electron chi connectivity index (χ1n) is 5.03. The molecule has 3 rings (SSSR count). The van der Waals surface area contributed by atoms with E-state index in [1.54, 1.807) is 0 Å². The number of aliphatic carboxylic acids is 1. The molecule has 0 aliphatic heterocycles. The molecule has 0 aromatic carbocycles. The summed E-state index contributed by atoms with van der Waals surface area (Å²) in [5.74, 6) is 1.90. The molecule has 5 atom stereocenters. The van der Waals surface area contributed by atoms with E-state index in [4.69, 9.17) is 5.11 Å². The van der Waals surface area contributed by atoms with Gasteiger partial charge in [0.05, 0.1) is 5.92 Å². The summed E-state index contributed by atoms with van der Waals surface area (Å²) in [7, 11) is 0. The van der Waals surface area contributed by atoms with Gasteiger partial charge in [0, 0.05) is 0 Å². The molecule has 0 spiro atoms. The second-order valence-corrected chi connectivity index (χ2v) is 4.93. The van der Waals surface area contributed by atoms with E-state index < -0.39 is 5.97 Å². The van der Waals surface area contributed by atoms with E-state index in [9.17, 15) is 4.79 Å². The van der Waals surface area contributed by atoms with Crippen LogP contribution in [0.3, 0.4) is 0 Å². The minimum atomic E-state index is -0.570. The lowest BCUT2D eigenvalue weighted by atomic mass is 10.0. The average molecular weight is 178 g/mol. The molecule has 0 heterocycles. The van der Waals surface area contributed by atoms with E-state index >= 15 is 0 Å². The standard InChI is InChI=1S/C11H14O2/c1-4(2)7-5-3-6(5)8-9(7)10(8)11(12)13/h5-6,8-10H,3H2,1-2H3,(H,12,13)/t5-,6+,8+,9-,10+/m1/s1. The summed E-state index contributed by atoms with van der Waals surface area (Å²) >= 11 is 0. The van der Waals surface area contributed by atoms with Crippen LogP contribution in [0.5, 0.6) is 0 Å². The van der Waals surface area contributed by atoms with Crippen molar-refractivity contribution >= 4 is 5.97 Å². The van der Waals surface area contributed by atoms with Crippen molar-refractivity contribution in [2.75, 3.05) is 0 Å². The van der Waals surface area contributed by atoms with Crippen LogP contribution in [0.25, 0.3) is 0 Å². The van der Waals surface area contributed by atoms with Gasteiger partial charge in [-0.3, -0.25) is 4.79 Å². The van der Waals surface area contributed by atoms with E-state index in [1.807, 2.05) is 0 Å². The van der Waals surface area contributed by atoms with Crippen LogP contribution < -0.4 is 0 Å². The number of allylic oxidation sites excluding steroid dienone is 2. The fraction of sp³-hybridized carbons (Fsp3) is 0.727. The third kappa shape index (κ3) is 0.767. The first kappa shape index (κ1) is 7.60. The largest absolute Gasteiger partial charge is 0.481 e. The zero-order valence-corrected chi connectivity index (χ0v) is 7.95. The number of carboxylic acid groups (broad SMARTS) is 1. The van der Waals surface area contributed by atoms with Gasteiger partial charge in [0.25, 0.3) is 0 Å². The summed E-state index contributed by atoms with van der Waals surface area (Å²) in [6.45, 7) is 4.26. The monoisotopic (exact) mass is 178 g/mol. The summed E-state index contributed by atoms with van der Waals surface area (Å²) in [5.41, 5.74) is 2.88. The second kappa shape index (κ2) is 1.99. The van der Waals surface area contributed by atoms with Crippen LogP contribution in [0.2, 0.25) is 0 Å². The van der Waals surface area contributed by atoms with Gasteiger partial charge in [0.1, 0.15) is 0 Å². The lowest BCUT2D eigenvalue weighted by Gasteiger charge is -2.05. The maximum atomic E-state index is 10.9. The number of hydrogen-bond donors (Lipinski definition) is 1. The van der Waals surface area contributed by atoms with Gasteiger partial charge in [-0.05, 0) is 43.9 Å². The molecule has 0 aromatic rings. The number of rotatable bonds is 1. The SMILES string of the molecule is CC(C)=C1[C@H]2[C@@H](C(=O)O)[C@H]2[C@H]2C[C@@H]12. The molecule has 13 heavy (non-hydrogen) atoms. The summed E-state index contributed by atoms with van der Waals surface area (Å²) in [6.07, 6.45) is 1.27. The van der Waals surface area contributed by atoms with Crippen LogP contribution in [-0.2, 0) is 4.79 Å². The highest BCUT2D eigenvalue weighted by Crippen LogP contribution is 2.75. The van der Waals surface area contributed by atoms with Gasteiger partial charge in [-0.15, -0.1) is 0 Å². The molecule has 0 bridgehead atoms. The van der Waals surface area contributed by atoms with Gasteiger partial charge in [-0.2, -0.15) is 0 Å². The first-order valence-corrected chi connectivity index (χ1v) is 5.03. The van der Waals surface area contributed by atoms with E-state index in [-0.39, 0.29) is 5.92 Å². The maximum absolute atomic E-state index is 10.9. The zero-order chi connectivity index (χ0) is 9.33. The van der Waals surface area contributed by atoms with Crippen LogP contribution >= 0.6 is 0 Å². The molecule has 0 aromatic heterocycles. The van der Waals surface area contributed by atoms with E-state index in [1.165, 1.54) is 17.6 Å². The predicted octanol–water partition coefficient (Wildman–Crippen LogP) is 1.92. The Bertz CT molecular complexity index is 325. The Kier molecular flexibility index (Phi) is 1.17. The minimum absolute atomic E-state index is 0.0198. The Labute approximate surface area is 77.6 Å². The van der Waals surface area contributed by atoms with Gasteiger partial charge in [-0.1, -0.05) is 11.1 Å². The Balaban J connectivity index is 1.95. The topological polar surface area (TPSA) is 37.3 Å². The highest BCUT2D eigenvalue weighted by atomic mass is 16.4. The Hall–Kier alpha value is -0.790. The van der Waals surface area contributed by atoms with Gasteiger partial charge in [0.2, 0.25) is 0 Å². The molecule has 0 radical (unpaired) electrons. The lowest BCUT2D eigenvalue weighted by Crippen LogP contribution is -2.05. The molecular formula is C11H14O2. The summed E-state index contributed by atoms with van der Waals surface area (Å²) < 4.78 is 0. The molecule has 2 heteroatoms. The highest BCUT2D eigenvalue weighted by molar-refractivity contribution is 5.77. The molecular weight excluding hydrogens is 164 g/mol. The van der Waals surface area contributed by atoms with Crippen molar-refractivity contribution in [3.63, 3.8) is 0 Å². The molecule has 1 N–H and O–H groups in total. The van der Waals surface area contributed by atoms with Crippen molar-refractivity contribution < 1.29 is 9.90 Å². The molecule has 70 valence electrons. The molecule has 3 fully saturated rings. The van der Waals surface area contributed by atoms with Gasteiger partial charge in [-0.25, -0.2) is 0 Å².